The van der Waals surface area contributed by atoms with Crippen LogP contribution in [0.4, 0.5) is 0 Å². The molecule has 2 saturated carbocycles. The maximum Gasteiger partial charge on any atom is 0.237 e. The van der Waals surface area contributed by atoms with Crippen LogP contribution in [0.5, 0.6) is 0 Å². The summed E-state index contributed by atoms with van der Waals surface area (Å²) in [6.45, 7) is 15.9. The summed E-state index contributed by atoms with van der Waals surface area (Å²) < 4.78 is 6.76. The van der Waals surface area contributed by atoms with Crippen LogP contribution in [0.25, 0.3) is 0 Å². The summed E-state index contributed by atoms with van der Waals surface area (Å²) in [5.41, 5.74) is 1.68. The van der Waals surface area contributed by atoms with Crippen LogP contribution in [0.15, 0.2) is 23.3 Å². The van der Waals surface area contributed by atoms with E-state index in [1.165, 1.54) is 28.2 Å². The van der Waals surface area contributed by atoms with Gasteiger partial charge in [-0.05, 0) is 146 Å². The number of amides is 8. The number of fused-ring (bicyclic) bond motifs is 2. The molecule has 8 aliphatic rings. The van der Waals surface area contributed by atoms with Crippen molar-refractivity contribution >= 4 is 63.9 Å². The molecule has 0 spiro atoms. The van der Waals surface area contributed by atoms with Crippen molar-refractivity contribution in [1.29, 1.82) is 0 Å². The van der Waals surface area contributed by atoms with Gasteiger partial charge in [-0.2, -0.15) is 0 Å². The lowest BCUT2D eigenvalue weighted by atomic mass is 9.71. The predicted molar refractivity (Wildman–Crippen MR) is 258 cm³/mol. The van der Waals surface area contributed by atoms with Crippen molar-refractivity contribution < 1.29 is 42.5 Å². The molecule has 4 aliphatic heterocycles. The standard InChI is InChI=1S/C52H78N4O9Si2/c1-9-10-21-66(5,6)65-67(7,8)22-11-20-54-43(57)28-39(48(54)60)36-24-32(3)46-42(27-36)49(61)55(52(46)64)30-35-14-12-33(13-15-35)25-34-16-18-38(19-17-34)56-44(58)29-40(50(56)62)37-23-31(2)45-41(26-37)47(59)53(4)51(45)63/h23-24,33-42,45-46H,9-22,25-30H2,1-8H3. The molecule has 0 aromatic rings. The third kappa shape index (κ3) is 10.1. The Morgan fingerprint density at radius 1 is 0.567 bits per heavy atom. The van der Waals surface area contributed by atoms with E-state index in [0.29, 0.717) is 37.8 Å². The molecule has 0 radical (unpaired) electrons. The molecule has 4 aliphatic carbocycles. The van der Waals surface area contributed by atoms with Crippen LogP contribution >= 0.6 is 0 Å². The lowest BCUT2D eigenvalue weighted by Crippen LogP contribution is -2.44. The maximum atomic E-state index is 14.0. The second kappa shape index (κ2) is 19.7. The van der Waals surface area contributed by atoms with E-state index in [1.807, 2.05) is 26.0 Å². The van der Waals surface area contributed by atoms with Crippen LogP contribution in [0.3, 0.4) is 0 Å². The van der Waals surface area contributed by atoms with Gasteiger partial charge in [-0.3, -0.25) is 58.0 Å². The van der Waals surface area contributed by atoms with Gasteiger partial charge in [-0.1, -0.05) is 55.9 Å². The predicted octanol–water partition coefficient (Wildman–Crippen LogP) is 7.87. The molecule has 8 amide bonds. The Hall–Kier alpha value is -3.57. The van der Waals surface area contributed by atoms with Gasteiger partial charge in [0.05, 0.1) is 35.5 Å². The van der Waals surface area contributed by atoms with Crippen LogP contribution in [0, 0.1) is 65.1 Å². The first kappa shape index (κ1) is 49.8. The summed E-state index contributed by atoms with van der Waals surface area (Å²) in [5, 5.41) is 0. The van der Waals surface area contributed by atoms with Gasteiger partial charge in [0.1, 0.15) is 0 Å². The summed E-state index contributed by atoms with van der Waals surface area (Å²) in [7, 11) is -2.18. The third-order valence-electron chi connectivity index (χ3n) is 17.8. The van der Waals surface area contributed by atoms with Gasteiger partial charge in [-0.25, -0.2) is 0 Å². The SMILES string of the molecule is CCCC[Si](C)(C)O[Si](C)(C)CCCN1C(=O)CC(C2C=C(C)C3C(=O)N(CC4CCC(CC5CCC(N6C(=O)CC(C7C=C(C)C8C(=O)N(C)C(=O)C8C7)C6=O)CC5)CC4)C(=O)C3C2)C1=O. The third-order valence-corrected chi connectivity index (χ3v) is 25.3. The highest BCUT2D eigenvalue weighted by Crippen LogP contribution is 2.48. The van der Waals surface area contributed by atoms with Gasteiger partial charge in [-0.15, -0.1) is 0 Å². The largest absolute Gasteiger partial charge is 0.455 e. The van der Waals surface area contributed by atoms with E-state index in [2.05, 4.69) is 33.1 Å². The van der Waals surface area contributed by atoms with Gasteiger partial charge in [0, 0.05) is 39.0 Å². The number of hydrogen-bond donors (Lipinski definition) is 0. The highest BCUT2D eigenvalue weighted by Gasteiger charge is 2.55. The van der Waals surface area contributed by atoms with Crippen molar-refractivity contribution in [3.8, 4) is 0 Å². The number of unbranched alkanes of at least 4 members (excludes halogenated alkanes) is 1. The van der Waals surface area contributed by atoms with Gasteiger partial charge >= 0.3 is 0 Å². The molecule has 0 aromatic heterocycles. The average Bonchev–Trinajstić information content (AvgIpc) is 3.90. The van der Waals surface area contributed by atoms with Crippen LogP contribution in [-0.4, -0.2) is 110 Å². The number of carbonyl (C=O) groups is 8. The number of nitrogens with zero attached hydrogens (tertiary/aromatic N) is 4. The number of likely N-dealkylation sites (tertiary alicyclic amines) is 4. The molecular formula is C52H78N4O9Si2. The van der Waals surface area contributed by atoms with Crippen molar-refractivity contribution in [2.75, 3.05) is 20.1 Å². The monoisotopic (exact) mass is 959 g/mol. The quantitative estimate of drug-likeness (QED) is 0.0853. The fraction of sp³-hybridized carbons (Fsp3) is 0.769. The number of carbonyl (C=O) groups excluding carboxylic acids is 8. The molecule has 6 fully saturated rings. The maximum absolute atomic E-state index is 14.0. The fourth-order valence-electron chi connectivity index (χ4n) is 14.3. The van der Waals surface area contributed by atoms with Crippen LogP contribution in [-0.2, 0) is 42.5 Å². The van der Waals surface area contributed by atoms with Gasteiger partial charge in [0.25, 0.3) is 0 Å². The number of rotatable bonds is 16. The Bertz CT molecular complexity index is 2090. The Labute approximate surface area is 400 Å². The number of imide groups is 4. The smallest absolute Gasteiger partial charge is 0.237 e. The summed E-state index contributed by atoms with van der Waals surface area (Å²) in [4.78, 5) is 114. The summed E-state index contributed by atoms with van der Waals surface area (Å²) >= 11 is 0. The lowest BCUT2D eigenvalue weighted by Gasteiger charge is -2.37. The minimum Gasteiger partial charge on any atom is -0.455 e. The Morgan fingerprint density at radius 2 is 1.06 bits per heavy atom. The van der Waals surface area contributed by atoms with Crippen molar-refractivity contribution in [3.05, 3.63) is 23.3 Å². The van der Waals surface area contributed by atoms with E-state index in [4.69, 9.17) is 4.12 Å². The minimum absolute atomic E-state index is 0.0909. The molecule has 8 rings (SSSR count). The Kier molecular flexibility index (Phi) is 14.6. The zero-order chi connectivity index (χ0) is 48.3. The molecule has 0 aromatic carbocycles. The Morgan fingerprint density at radius 3 is 1.66 bits per heavy atom. The van der Waals surface area contributed by atoms with E-state index in [0.717, 1.165) is 93.9 Å². The first-order valence-corrected chi connectivity index (χ1v) is 32.3. The van der Waals surface area contributed by atoms with Gasteiger partial charge in [0.2, 0.25) is 47.3 Å². The normalized spacial score (nSPS) is 35.3. The minimum atomic E-state index is -1.95. The fourth-order valence-corrected chi connectivity index (χ4v) is 23.3. The number of hydrogen-bond acceptors (Lipinski definition) is 9. The molecular weight excluding hydrogens is 881 g/mol. The molecule has 8 atom stereocenters. The van der Waals surface area contributed by atoms with Crippen molar-refractivity contribution in [2.45, 2.75) is 168 Å². The zero-order valence-corrected chi connectivity index (χ0v) is 43.7. The first-order chi connectivity index (χ1) is 31.7. The molecule has 13 nitrogen and oxygen atoms in total. The number of allylic oxidation sites excluding steroid dienone is 2. The van der Waals surface area contributed by atoms with Crippen molar-refractivity contribution in [1.82, 2.24) is 19.6 Å². The Balaban J connectivity index is 0.769. The zero-order valence-electron chi connectivity index (χ0n) is 41.7. The second-order valence-corrected chi connectivity index (χ2v) is 32.4. The topological polar surface area (TPSA) is 159 Å². The molecule has 67 heavy (non-hydrogen) atoms. The first-order valence-electron chi connectivity index (χ1n) is 26.1. The molecule has 4 heterocycles. The van der Waals surface area contributed by atoms with Crippen molar-refractivity contribution in [2.24, 2.45) is 65.1 Å². The van der Waals surface area contributed by atoms with E-state index in [9.17, 15) is 38.4 Å². The summed E-state index contributed by atoms with van der Waals surface area (Å²) in [6, 6.07) is 1.95. The van der Waals surface area contributed by atoms with E-state index in [1.54, 1.807) is 4.90 Å². The molecule has 368 valence electrons. The van der Waals surface area contributed by atoms with Gasteiger partial charge in [0.15, 0.2) is 16.6 Å². The van der Waals surface area contributed by atoms with Crippen LogP contribution < -0.4 is 0 Å². The van der Waals surface area contributed by atoms with Crippen LogP contribution in [0.2, 0.25) is 38.3 Å². The van der Waals surface area contributed by atoms with E-state index < -0.39 is 52.1 Å². The summed E-state index contributed by atoms with van der Waals surface area (Å²) in [5.74, 6) is -3.05. The lowest BCUT2D eigenvalue weighted by molar-refractivity contribution is -0.144. The highest BCUT2D eigenvalue weighted by atomic mass is 28.4. The summed E-state index contributed by atoms with van der Waals surface area (Å²) in [6.07, 6.45) is 17.0. The highest BCUT2D eigenvalue weighted by molar-refractivity contribution is 6.84. The van der Waals surface area contributed by atoms with E-state index in [-0.39, 0.29) is 83.9 Å². The molecule has 0 bridgehead atoms. The van der Waals surface area contributed by atoms with Crippen LogP contribution in [0.1, 0.15) is 124 Å². The molecule has 15 heteroatoms. The van der Waals surface area contributed by atoms with Crippen molar-refractivity contribution in [3.63, 3.8) is 0 Å². The van der Waals surface area contributed by atoms with Gasteiger partial charge < -0.3 is 4.12 Å². The molecule has 4 saturated heterocycles. The molecule has 8 unspecified atom stereocenters. The average molecular weight is 959 g/mol. The second-order valence-electron chi connectivity index (χ2n) is 23.5. The van der Waals surface area contributed by atoms with E-state index >= 15 is 0 Å². The molecule has 0 N–H and O–H groups in total.